The molecule has 0 bridgehead atoms. The first-order chi connectivity index (χ1) is 10.6. The van der Waals surface area contributed by atoms with Crippen molar-refractivity contribution in [3.63, 3.8) is 0 Å². The van der Waals surface area contributed by atoms with Gasteiger partial charge in [-0.1, -0.05) is 17.3 Å². The monoisotopic (exact) mass is 302 g/mol. The zero-order valence-electron chi connectivity index (χ0n) is 11.9. The number of nitrogens with zero attached hydrogens (tertiary/aromatic N) is 4. The average Bonchev–Trinajstić information content (AvgIpc) is 3.14. The van der Waals surface area contributed by atoms with Gasteiger partial charge in [0.15, 0.2) is 5.82 Å². The van der Waals surface area contributed by atoms with Gasteiger partial charge in [-0.2, -0.15) is 4.98 Å². The van der Waals surface area contributed by atoms with Gasteiger partial charge in [0.05, 0.1) is 4.92 Å². The molecule has 1 saturated heterocycles. The van der Waals surface area contributed by atoms with Crippen molar-refractivity contribution in [3.05, 3.63) is 51.7 Å². The van der Waals surface area contributed by atoms with E-state index < -0.39 is 4.92 Å². The first-order valence-corrected chi connectivity index (χ1v) is 6.92. The molecule has 0 radical (unpaired) electrons. The summed E-state index contributed by atoms with van der Waals surface area (Å²) in [4.78, 5) is 29.0. The molecule has 0 N–H and O–H groups in total. The van der Waals surface area contributed by atoms with Crippen LogP contribution in [0.15, 0.2) is 28.8 Å². The fourth-order valence-electron chi connectivity index (χ4n) is 2.68. The quantitative estimate of drug-likeness (QED) is 0.636. The van der Waals surface area contributed by atoms with Crippen molar-refractivity contribution < 1.29 is 14.2 Å². The lowest BCUT2D eigenvalue weighted by atomic mass is 10.1. The van der Waals surface area contributed by atoms with Gasteiger partial charge in [-0.15, -0.1) is 0 Å². The summed E-state index contributed by atoms with van der Waals surface area (Å²) in [7, 11) is 0. The second-order valence-electron chi connectivity index (χ2n) is 5.11. The van der Waals surface area contributed by atoms with E-state index in [0.29, 0.717) is 24.7 Å². The molecule has 1 aromatic carbocycles. The van der Waals surface area contributed by atoms with Crippen molar-refractivity contribution in [2.75, 3.05) is 6.54 Å². The Labute approximate surface area is 125 Å². The van der Waals surface area contributed by atoms with Crippen LogP contribution in [0, 0.1) is 17.0 Å². The van der Waals surface area contributed by atoms with Crippen LogP contribution in [-0.4, -0.2) is 32.4 Å². The smallest absolute Gasteiger partial charge is 0.282 e. The van der Waals surface area contributed by atoms with E-state index in [0.717, 1.165) is 6.42 Å². The van der Waals surface area contributed by atoms with Crippen LogP contribution in [0.2, 0.25) is 0 Å². The van der Waals surface area contributed by atoms with E-state index in [1.165, 1.54) is 18.2 Å². The number of rotatable bonds is 3. The zero-order chi connectivity index (χ0) is 15.7. The Kier molecular flexibility index (Phi) is 3.58. The second-order valence-corrected chi connectivity index (χ2v) is 5.11. The molecule has 2 heterocycles. The first-order valence-electron chi connectivity index (χ1n) is 6.92. The number of likely N-dealkylation sites (tertiary alicyclic amines) is 1. The molecule has 1 unspecified atom stereocenters. The summed E-state index contributed by atoms with van der Waals surface area (Å²) >= 11 is 0. The lowest BCUT2D eigenvalue weighted by Gasteiger charge is -2.21. The third-order valence-corrected chi connectivity index (χ3v) is 3.67. The van der Waals surface area contributed by atoms with E-state index in [1.807, 2.05) is 0 Å². The highest BCUT2D eigenvalue weighted by molar-refractivity contribution is 5.98. The number of para-hydroxylation sites is 1. The topological polar surface area (TPSA) is 102 Å². The SMILES string of the molecule is Cc1noc(C2CCCN2C(=O)c2ccccc2[N+](=O)[O-])n1. The molecular weight excluding hydrogens is 288 g/mol. The third kappa shape index (κ3) is 2.43. The fourth-order valence-corrected chi connectivity index (χ4v) is 2.68. The number of amides is 1. The molecule has 0 spiro atoms. The summed E-state index contributed by atoms with van der Waals surface area (Å²) in [6.07, 6.45) is 1.49. The van der Waals surface area contributed by atoms with Crippen molar-refractivity contribution >= 4 is 11.6 Å². The molecule has 8 nitrogen and oxygen atoms in total. The Hall–Kier alpha value is -2.77. The Balaban J connectivity index is 1.93. The third-order valence-electron chi connectivity index (χ3n) is 3.67. The molecule has 1 aliphatic heterocycles. The van der Waals surface area contributed by atoms with E-state index in [9.17, 15) is 14.9 Å². The Morgan fingerprint density at radius 1 is 1.45 bits per heavy atom. The van der Waals surface area contributed by atoms with Gasteiger partial charge < -0.3 is 9.42 Å². The molecule has 3 rings (SSSR count). The molecule has 22 heavy (non-hydrogen) atoms. The van der Waals surface area contributed by atoms with Gasteiger partial charge in [-0.05, 0) is 25.8 Å². The number of benzene rings is 1. The minimum absolute atomic E-state index is 0.0793. The number of carbonyl (C=O) groups is 1. The number of hydrogen-bond acceptors (Lipinski definition) is 6. The zero-order valence-corrected chi connectivity index (χ0v) is 11.9. The molecular formula is C14H14N4O4. The minimum atomic E-state index is -0.546. The van der Waals surface area contributed by atoms with Crippen LogP contribution < -0.4 is 0 Å². The van der Waals surface area contributed by atoms with Crippen LogP contribution >= 0.6 is 0 Å². The summed E-state index contributed by atoms with van der Waals surface area (Å²) in [5, 5.41) is 14.8. The van der Waals surface area contributed by atoms with Crippen molar-refractivity contribution in [3.8, 4) is 0 Å². The van der Waals surface area contributed by atoms with E-state index in [2.05, 4.69) is 10.1 Å². The van der Waals surface area contributed by atoms with Crippen LogP contribution in [0.25, 0.3) is 0 Å². The van der Waals surface area contributed by atoms with Gasteiger partial charge in [0.2, 0.25) is 5.89 Å². The highest BCUT2D eigenvalue weighted by Gasteiger charge is 2.36. The van der Waals surface area contributed by atoms with Gasteiger partial charge in [0.25, 0.3) is 11.6 Å². The van der Waals surface area contributed by atoms with Gasteiger partial charge in [0, 0.05) is 12.6 Å². The van der Waals surface area contributed by atoms with E-state index in [1.54, 1.807) is 17.9 Å². The van der Waals surface area contributed by atoms with Crippen molar-refractivity contribution in [2.24, 2.45) is 0 Å². The van der Waals surface area contributed by atoms with Crippen LogP contribution in [0.5, 0.6) is 0 Å². The van der Waals surface area contributed by atoms with E-state index in [-0.39, 0.29) is 23.2 Å². The lowest BCUT2D eigenvalue weighted by molar-refractivity contribution is -0.385. The van der Waals surface area contributed by atoms with Crippen LogP contribution in [0.3, 0.4) is 0 Å². The van der Waals surface area contributed by atoms with E-state index in [4.69, 9.17) is 4.52 Å². The fraction of sp³-hybridized carbons (Fsp3) is 0.357. The van der Waals surface area contributed by atoms with E-state index >= 15 is 0 Å². The predicted octanol–water partition coefficient (Wildman–Crippen LogP) is 2.26. The largest absolute Gasteiger partial charge is 0.337 e. The summed E-state index contributed by atoms with van der Waals surface area (Å²) in [6.45, 7) is 2.22. The first kappa shape index (κ1) is 14.2. The van der Waals surface area contributed by atoms with Crippen LogP contribution in [0.1, 0.15) is 41.0 Å². The number of hydrogen-bond donors (Lipinski definition) is 0. The van der Waals surface area contributed by atoms with Gasteiger partial charge >= 0.3 is 0 Å². The second kappa shape index (κ2) is 5.55. The van der Waals surface area contributed by atoms with Crippen LogP contribution in [0.4, 0.5) is 5.69 Å². The molecule has 8 heteroatoms. The minimum Gasteiger partial charge on any atom is -0.337 e. The molecule has 1 aliphatic rings. The van der Waals surface area contributed by atoms with Crippen molar-refractivity contribution in [2.45, 2.75) is 25.8 Å². The molecule has 1 aromatic heterocycles. The number of carbonyl (C=O) groups excluding carboxylic acids is 1. The highest BCUT2D eigenvalue weighted by atomic mass is 16.6. The highest BCUT2D eigenvalue weighted by Crippen LogP contribution is 2.33. The van der Waals surface area contributed by atoms with Gasteiger partial charge in [0.1, 0.15) is 11.6 Å². The van der Waals surface area contributed by atoms with Gasteiger partial charge in [-0.3, -0.25) is 14.9 Å². The standard InChI is InChI=1S/C14H14N4O4/c1-9-15-13(22-16-9)12-7-4-8-17(12)14(19)10-5-2-3-6-11(10)18(20)21/h2-3,5-6,12H,4,7-8H2,1H3. The predicted molar refractivity (Wildman–Crippen MR) is 75.1 cm³/mol. The maximum absolute atomic E-state index is 12.7. The number of nitro groups is 1. The number of nitro benzene ring substituents is 1. The van der Waals surface area contributed by atoms with Crippen molar-refractivity contribution in [1.82, 2.24) is 15.0 Å². The molecule has 114 valence electrons. The molecule has 1 fully saturated rings. The summed E-state index contributed by atoms with van der Waals surface area (Å²) in [5.74, 6) is 0.493. The summed E-state index contributed by atoms with van der Waals surface area (Å²) in [5.41, 5.74) is -0.115. The maximum atomic E-state index is 12.7. The Morgan fingerprint density at radius 3 is 2.91 bits per heavy atom. The molecule has 2 aromatic rings. The molecule has 0 saturated carbocycles. The molecule has 1 atom stereocenters. The summed E-state index contributed by atoms with van der Waals surface area (Å²) in [6, 6.07) is 5.62. The molecule has 0 aliphatic carbocycles. The Morgan fingerprint density at radius 2 is 2.23 bits per heavy atom. The van der Waals surface area contributed by atoms with Crippen molar-refractivity contribution in [1.29, 1.82) is 0 Å². The molecule has 1 amide bonds. The maximum Gasteiger partial charge on any atom is 0.282 e. The Bertz CT molecular complexity index is 727. The van der Waals surface area contributed by atoms with Gasteiger partial charge in [-0.25, -0.2) is 0 Å². The number of aryl methyl sites for hydroxylation is 1. The van der Waals surface area contributed by atoms with Crippen LogP contribution in [-0.2, 0) is 0 Å². The normalized spacial score (nSPS) is 17.7. The number of aromatic nitrogens is 2. The summed E-state index contributed by atoms with van der Waals surface area (Å²) < 4.78 is 5.15. The lowest BCUT2D eigenvalue weighted by Crippen LogP contribution is -2.31. The average molecular weight is 302 g/mol.